The van der Waals surface area contributed by atoms with E-state index in [9.17, 15) is 0 Å². The lowest BCUT2D eigenvalue weighted by Crippen LogP contribution is -2.23. The molecule has 2 fully saturated rings. The number of nitrogen functional groups attached to an aromatic ring is 1. The van der Waals surface area contributed by atoms with Crippen molar-refractivity contribution in [2.45, 2.75) is 31.3 Å². The van der Waals surface area contributed by atoms with Crippen molar-refractivity contribution < 1.29 is 0 Å². The van der Waals surface area contributed by atoms with Gasteiger partial charge in [0.05, 0.1) is 11.4 Å². The van der Waals surface area contributed by atoms with Crippen molar-refractivity contribution in [3.05, 3.63) is 22.2 Å². The summed E-state index contributed by atoms with van der Waals surface area (Å²) in [6.07, 6.45) is 9.94. The summed E-state index contributed by atoms with van der Waals surface area (Å²) >= 11 is 2.22. The zero-order valence-electron chi connectivity index (χ0n) is 14.5. The Kier molecular flexibility index (Phi) is 4.92. The zero-order chi connectivity index (χ0) is 17.4. The average molecular weight is 453 g/mol. The molecule has 1 aliphatic heterocycles. The maximum atomic E-state index is 5.99. The summed E-state index contributed by atoms with van der Waals surface area (Å²) in [5.74, 6) is 0.512. The monoisotopic (exact) mass is 453 g/mol. The Bertz CT molecular complexity index is 783. The first kappa shape index (κ1) is 17.2. The van der Waals surface area contributed by atoms with Crippen molar-refractivity contribution in [1.82, 2.24) is 29.5 Å². The normalized spacial score (nSPS) is 22.0. The lowest BCUT2D eigenvalue weighted by atomic mass is 10.2. The van der Waals surface area contributed by atoms with Crippen LogP contribution >= 0.6 is 22.6 Å². The molecule has 1 atom stereocenters. The van der Waals surface area contributed by atoms with Crippen LogP contribution in [-0.2, 0) is 0 Å². The zero-order valence-corrected chi connectivity index (χ0v) is 16.6. The largest absolute Gasteiger partial charge is 0.383 e. The van der Waals surface area contributed by atoms with Gasteiger partial charge in [0.15, 0.2) is 5.65 Å². The van der Waals surface area contributed by atoms with Gasteiger partial charge in [0, 0.05) is 32.2 Å². The van der Waals surface area contributed by atoms with Crippen LogP contribution in [0.5, 0.6) is 0 Å². The van der Waals surface area contributed by atoms with Crippen molar-refractivity contribution in [3.63, 3.8) is 0 Å². The summed E-state index contributed by atoms with van der Waals surface area (Å²) < 4.78 is 2.92. The highest BCUT2D eigenvalue weighted by Crippen LogP contribution is 2.29. The average Bonchev–Trinajstić information content (AvgIpc) is 3.25. The molecule has 1 saturated heterocycles. The summed E-state index contributed by atoms with van der Waals surface area (Å²) in [6.45, 7) is 4.15. The van der Waals surface area contributed by atoms with E-state index >= 15 is 0 Å². The second kappa shape index (κ2) is 7.16. The molecule has 0 amide bonds. The molecule has 0 aromatic carbocycles. The quantitative estimate of drug-likeness (QED) is 0.532. The topological polar surface area (TPSA) is 76.1 Å². The third-order valence-corrected chi connectivity index (χ3v) is 5.92. The van der Waals surface area contributed by atoms with Crippen LogP contribution in [0.2, 0.25) is 0 Å². The molecule has 2 aliphatic rings. The highest BCUT2D eigenvalue weighted by molar-refractivity contribution is 14.1. The summed E-state index contributed by atoms with van der Waals surface area (Å²) in [6, 6.07) is 1.17. The van der Waals surface area contributed by atoms with Gasteiger partial charge in [-0.2, -0.15) is 5.10 Å². The van der Waals surface area contributed by atoms with Crippen LogP contribution in [0.4, 0.5) is 5.82 Å². The minimum Gasteiger partial charge on any atom is -0.383 e. The SMILES string of the molecule is CN(C/C=C/CN1CC[C@@H](n2nc(I)c3c(N)ncnc32)C1)C1CC1. The second-order valence-corrected chi connectivity index (χ2v) is 8.06. The fraction of sp³-hybridized carbons (Fsp3) is 0.588. The van der Waals surface area contributed by atoms with Gasteiger partial charge in [0.1, 0.15) is 15.8 Å². The Labute approximate surface area is 161 Å². The Hall–Kier alpha value is -1.26. The van der Waals surface area contributed by atoms with Crippen LogP contribution in [0.1, 0.15) is 25.3 Å². The molecule has 1 aliphatic carbocycles. The summed E-state index contributed by atoms with van der Waals surface area (Å²) in [5, 5.41) is 5.56. The van der Waals surface area contributed by atoms with E-state index in [2.05, 4.69) is 66.7 Å². The number of aromatic nitrogens is 4. The number of likely N-dealkylation sites (N-methyl/N-ethyl adjacent to an activating group) is 1. The molecule has 2 aromatic rings. The number of fused-ring (bicyclic) bond motifs is 1. The smallest absolute Gasteiger partial charge is 0.164 e. The van der Waals surface area contributed by atoms with Gasteiger partial charge >= 0.3 is 0 Å². The summed E-state index contributed by atoms with van der Waals surface area (Å²) in [7, 11) is 2.21. The molecular formula is C17H24IN7. The van der Waals surface area contributed by atoms with Gasteiger partial charge in [-0.1, -0.05) is 12.2 Å². The number of likely N-dealkylation sites (tertiary alicyclic amines) is 1. The molecule has 0 unspecified atom stereocenters. The molecule has 8 heteroatoms. The van der Waals surface area contributed by atoms with Crippen molar-refractivity contribution >= 4 is 39.4 Å². The molecule has 25 heavy (non-hydrogen) atoms. The molecule has 4 rings (SSSR count). The Morgan fingerprint density at radius 3 is 2.96 bits per heavy atom. The van der Waals surface area contributed by atoms with Crippen LogP contribution in [0, 0.1) is 3.70 Å². The third-order valence-electron chi connectivity index (χ3n) is 5.16. The maximum absolute atomic E-state index is 5.99. The van der Waals surface area contributed by atoms with Gasteiger partial charge < -0.3 is 5.73 Å². The molecule has 0 bridgehead atoms. The van der Waals surface area contributed by atoms with Crippen LogP contribution in [0.15, 0.2) is 18.5 Å². The number of hydrogen-bond donors (Lipinski definition) is 1. The Morgan fingerprint density at radius 2 is 2.16 bits per heavy atom. The number of halogens is 1. The van der Waals surface area contributed by atoms with E-state index in [1.165, 1.54) is 19.2 Å². The van der Waals surface area contributed by atoms with Crippen molar-refractivity contribution in [1.29, 1.82) is 0 Å². The Balaban J connectivity index is 1.38. The molecule has 134 valence electrons. The third kappa shape index (κ3) is 3.65. The molecule has 2 N–H and O–H groups in total. The summed E-state index contributed by atoms with van der Waals surface area (Å²) in [4.78, 5) is 13.4. The van der Waals surface area contributed by atoms with Gasteiger partial charge in [0.25, 0.3) is 0 Å². The molecule has 3 heterocycles. The van der Waals surface area contributed by atoms with Gasteiger partial charge in [-0.25, -0.2) is 14.6 Å². The van der Waals surface area contributed by atoms with E-state index in [-0.39, 0.29) is 0 Å². The van der Waals surface area contributed by atoms with E-state index in [0.29, 0.717) is 11.9 Å². The molecule has 2 aromatic heterocycles. The van der Waals surface area contributed by atoms with Gasteiger partial charge in [-0.05, 0) is 48.9 Å². The molecule has 7 nitrogen and oxygen atoms in total. The predicted octanol–water partition coefficient (Wildman–Crippen LogP) is 1.91. The second-order valence-electron chi connectivity index (χ2n) is 7.04. The van der Waals surface area contributed by atoms with Gasteiger partial charge in [-0.3, -0.25) is 9.80 Å². The van der Waals surface area contributed by atoms with Gasteiger partial charge in [0.2, 0.25) is 0 Å². The van der Waals surface area contributed by atoms with Crippen molar-refractivity contribution in [3.8, 4) is 0 Å². The lowest BCUT2D eigenvalue weighted by molar-refractivity contribution is 0.346. The number of nitrogens with two attached hydrogens (primary N) is 1. The maximum Gasteiger partial charge on any atom is 0.164 e. The highest BCUT2D eigenvalue weighted by atomic mass is 127. The number of hydrogen-bond acceptors (Lipinski definition) is 6. The molecule has 0 radical (unpaired) electrons. The van der Waals surface area contributed by atoms with Crippen molar-refractivity contribution in [2.24, 2.45) is 0 Å². The van der Waals surface area contributed by atoms with Crippen molar-refractivity contribution in [2.75, 3.05) is 39.0 Å². The van der Waals surface area contributed by atoms with E-state index in [1.54, 1.807) is 0 Å². The standard InChI is InChI=1S/C17H24IN7/c1-23(12-4-5-12)7-2-3-8-24-9-6-13(10-24)25-17-14(15(18)22-25)16(19)20-11-21-17/h2-3,11-13H,4-10H2,1H3,(H2,19,20,21)/b3-2+/t13-/m1/s1. The number of rotatable bonds is 6. The molecule has 0 spiro atoms. The molecular weight excluding hydrogens is 429 g/mol. The minimum absolute atomic E-state index is 0.350. The van der Waals surface area contributed by atoms with E-state index < -0.39 is 0 Å². The molecule has 1 saturated carbocycles. The highest BCUT2D eigenvalue weighted by Gasteiger charge is 2.27. The van der Waals surface area contributed by atoms with E-state index in [1.807, 2.05) is 4.68 Å². The first-order valence-corrected chi connectivity index (χ1v) is 9.93. The van der Waals surface area contributed by atoms with Gasteiger partial charge in [-0.15, -0.1) is 0 Å². The fourth-order valence-corrected chi connectivity index (χ4v) is 4.26. The first-order chi connectivity index (χ1) is 12.1. The predicted molar refractivity (Wildman–Crippen MR) is 107 cm³/mol. The first-order valence-electron chi connectivity index (χ1n) is 8.85. The number of nitrogens with zero attached hydrogens (tertiary/aromatic N) is 6. The Morgan fingerprint density at radius 1 is 1.32 bits per heavy atom. The van der Waals surface area contributed by atoms with E-state index in [0.717, 1.165) is 53.4 Å². The minimum atomic E-state index is 0.350. The summed E-state index contributed by atoms with van der Waals surface area (Å²) in [5.41, 5.74) is 6.85. The van der Waals surface area contributed by atoms with Crippen LogP contribution < -0.4 is 5.73 Å². The number of anilines is 1. The van der Waals surface area contributed by atoms with E-state index in [4.69, 9.17) is 5.73 Å². The van der Waals surface area contributed by atoms with Crippen LogP contribution in [0.3, 0.4) is 0 Å². The van der Waals surface area contributed by atoms with Crippen LogP contribution in [0.25, 0.3) is 11.0 Å². The lowest BCUT2D eigenvalue weighted by Gasteiger charge is -2.15. The fourth-order valence-electron chi connectivity index (χ4n) is 3.51. The van der Waals surface area contributed by atoms with Crippen LogP contribution in [-0.4, -0.2) is 68.8 Å².